The smallest absolute Gasteiger partial charge is 0.407 e. The van der Waals surface area contributed by atoms with Crippen molar-refractivity contribution in [1.29, 1.82) is 0 Å². The van der Waals surface area contributed by atoms with Crippen LogP contribution in [0.4, 0.5) is 4.79 Å². The molecule has 12 nitrogen and oxygen atoms in total. The van der Waals surface area contributed by atoms with Gasteiger partial charge in [0.15, 0.2) is 0 Å². The van der Waals surface area contributed by atoms with Crippen LogP contribution in [0.15, 0.2) is 36.4 Å². The van der Waals surface area contributed by atoms with Crippen molar-refractivity contribution in [3.8, 4) is 11.6 Å². The highest BCUT2D eigenvalue weighted by atomic mass is 35.5. The van der Waals surface area contributed by atoms with Crippen LogP contribution in [0.1, 0.15) is 96.3 Å². The average Bonchev–Trinajstić information content (AvgIpc) is 3.56. The fourth-order valence-electron chi connectivity index (χ4n) is 8.17. The summed E-state index contributed by atoms with van der Waals surface area (Å²) in [7, 11) is 0. The molecule has 0 unspecified atom stereocenters. The van der Waals surface area contributed by atoms with Crippen LogP contribution >= 0.6 is 11.6 Å². The SMILES string of the molecule is O=C(N[C@H]1CCCC/C=C\[C@@H]2C[C@@]2(C(=O)O)NC(=O)[C@@H]2C[C@@H](Oc3cc(OC4CCCC4)nc4c(Cl)cccc34)CN2C(=O)C1)OC1CCCC1. The summed E-state index contributed by atoms with van der Waals surface area (Å²) in [6.45, 7) is 0.0861. The summed E-state index contributed by atoms with van der Waals surface area (Å²) in [5.41, 5.74) is -0.888. The van der Waals surface area contributed by atoms with Crippen molar-refractivity contribution in [2.75, 3.05) is 6.54 Å². The Morgan fingerprint density at radius 2 is 1.73 bits per heavy atom. The molecule has 3 aliphatic carbocycles. The molecule has 0 bridgehead atoms. The van der Waals surface area contributed by atoms with Crippen LogP contribution < -0.4 is 20.1 Å². The number of allylic oxidation sites excluding steroid dienone is 1. The second-order valence-electron chi connectivity index (χ2n) is 14.8. The van der Waals surface area contributed by atoms with E-state index in [9.17, 15) is 24.3 Å². The largest absolute Gasteiger partial charge is 0.488 e. The first-order valence-electron chi connectivity index (χ1n) is 18.6. The van der Waals surface area contributed by atoms with Gasteiger partial charge in [0, 0.05) is 36.3 Å². The van der Waals surface area contributed by atoms with Crippen LogP contribution in [0.25, 0.3) is 10.9 Å². The van der Waals surface area contributed by atoms with Gasteiger partial charge in [-0.25, -0.2) is 14.6 Å². The van der Waals surface area contributed by atoms with Gasteiger partial charge in [-0.1, -0.05) is 36.2 Å². The average molecular weight is 723 g/mol. The van der Waals surface area contributed by atoms with E-state index in [1.807, 2.05) is 24.3 Å². The maximum absolute atomic E-state index is 14.1. The lowest BCUT2D eigenvalue weighted by atomic mass is 10.0. The molecule has 0 radical (unpaired) electrons. The minimum atomic E-state index is -1.42. The van der Waals surface area contributed by atoms with Gasteiger partial charge in [0.1, 0.15) is 35.6 Å². The molecule has 7 rings (SSSR count). The van der Waals surface area contributed by atoms with E-state index in [0.717, 1.165) is 70.6 Å². The van der Waals surface area contributed by atoms with Crippen LogP contribution in [-0.4, -0.2) is 81.3 Å². The number of nitrogens with zero attached hydrogens (tertiary/aromatic N) is 2. The monoisotopic (exact) mass is 722 g/mol. The van der Waals surface area contributed by atoms with Crippen LogP contribution in [0, 0.1) is 5.92 Å². The number of aromatic nitrogens is 1. The Hall–Kier alpha value is -4.06. The Morgan fingerprint density at radius 1 is 0.980 bits per heavy atom. The van der Waals surface area contributed by atoms with Gasteiger partial charge in [-0.15, -0.1) is 0 Å². The quantitative estimate of drug-likeness (QED) is 0.289. The maximum atomic E-state index is 14.1. The van der Waals surface area contributed by atoms with Crippen molar-refractivity contribution in [2.24, 2.45) is 5.92 Å². The Labute approximate surface area is 302 Å². The zero-order chi connectivity index (χ0) is 35.5. The second kappa shape index (κ2) is 15.3. The molecular formula is C38H47ClN4O8. The predicted octanol–water partition coefficient (Wildman–Crippen LogP) is 6.08. The van der Waals surface area contributed by atoms with E-state index in [2.05, 4.69) is 15.6 Å². The summed E-state index contributed by atoms with van der Waals surface area (Å²) in [4.78, 5) is 59.7. The number of fused-ring (bicyclic) bond motifs is 3. The van der Waals surface area contributed by atoms with Gasteiger partial charge < -0.3 is 34.9 Å². The van der Waals surface area contributed by atoms with Crippen molar-refractivity contribution < 1.29 is 38.5 Å². The summed E-state index contributed by atoms with van der Waals surface area (Å²) in [5, 5.41) is 17.0. The van der Waals surface area contributed by atoms with Gasteiger partial charge in [-0.3, -0.25) is 9.59 Å². The minimum Gasteiger partial charge on any atom is -0.488 e. The van der Waals surface area contributed by atoms with Gasteiger partial charge in [0.05, 0.1) is 17.1 Å². The van der Waals surface area contributed by atoms with E-state index in [1.165, 1.54) is 4.90 Å². The topological polar surface area (TPSA) is 156 Å². The fourth-order valence-corrected chi connectivity index (χ4v) is 8.39. The van der Waals surface area contributed by atoms with Gasteiger partial charge in [0.25, 0.3) is 0 Å². The summed E-state index contributed by atoms with van der Waals surface area (Å²) in [6, 6.07) is 5.68. The molecule has 1 aromatic heterocycles. The zero-order valence-corrected chi connectivity index (χ0v) is 29.6. The third kappa shape index (κ3) is 8.05. The first-order chi connectivity index (χ1) is 24.7. The summed E-state index contributed by atoms with van der Waals surface area (Å²) >= 11 is 6.58. The van der Waals surface area contributed by atoms with Crippen molar-refractivity contribution in [3.63, 3.8) is 0 Å². The standard InChI is InChI=1S/C38H47ClN4O8/c39-29-17-9-16-28-31(20-32(41-34(28)29)50-25-12-5-6-13-25)49-27-19-30-35(45)42-38(36(46)47)21-23(38)10-3-1-2-4-11-24(18-33(44)43(30)22-27)40-37(48)51-26-14-7-8-15-26/h3,9-10,16-17,20,23-27,30H,1-2,4-8,11-15,18-19,21-22H2,(H,40,48)(H,42,45)(H,46,47)/b10-3-/t23-,24+,27-,30+,38-/m1/s1. The van der Waals surface area contributed by atoms with Gasteiger partial charge >= 0.3 is 12.1 Å². The number of carbonyl (C=O) groups is 4. The van der Waals surface area contributed by atoms with E-state index in [0.29, 0.717) is 34.0 Å². The molecule has 3 saturated carbocycles. The number of hydrogen-bond acceptors (Lipinski definition) is 8. The van der Waals surface area contributed by atoms with Crippen LogP contribution in [0.5, 0.6) is 11.6 Å². The van der Waals surface area contributed by atoms with E-state index in [4.69, 9.17) is 25.8 Å². The number of halogens is 1. The highest BCUT2D eigenvalue weighted by Gasteiger charge is 2.61. The number of para-hydroxylation sites is 1. The molecule has 3 N–H and O–H groups in total. The highest BCUT2D eigenvalue weighted by molar-refractivity contribution is 6.35. The molecule has 0 spiro atoms. The van der Waals surface area contributed by atoms with E-state index in [-0.39, 0.29) is 49.8 Å². The van der Waals surface area contributed by atoms with E-state index >= 15 is 0 Å². The van der Waals surface area contributed by atoms with E-state index < -0.39 is 41.7 Å². The van der Waals surface area contributed by atoms with Crippen LogP contribution in [-0.2, 0) is 19.1 Å². The van der Waals surface area contributed by atoms with Crippen molar-refractivity contribution in [3.05, 3.63) is 41.4 Å². The number of amides is 3. The highest BCUT2D eigenvalue weighted by Crippen LogP contribution is 2.45. The first-order valence-corrected chi connectivity index (χ1v) is 19.0. The number of pyridine rings is 1. The maximum Gasteiger partial charge on any atom is 0.407 e. The number of nitrogens with one attached hydrogen (secondary N) is 2. The van der Waals surface area contributed by atoms with Crippen molar-refractivity contribution in [1.82, 2.24) is 20.5 Å². The number of hydrogen-bond donors (Lipinski definition) is 3. The molecule has 3 heterocycles. The lowest BCUT2D eigenvalue weighted by Gasteiger charge is -2.27. The number of carboxylic acids is 1. The number of aliphatic carboxylic acids is 1. The first kappa shape index (κ1) is 35.3. The Morgan fingerprint density at radius 3 is 2.49 bits per heavy atom. The van der Waals surface area contributed by atoms with Crippen molar-refractivity contribution in [2.45, 2.75) is 132 Å². The lowest BCUT2D eigenvalue weighted by Crippen LogP contribution is -2.53. The van der Waals surface area contributed by atoms with E-state index in [1.54, 1.807) is 12.1 Å². The second-order valence-corrected chi connectivity index (χ2v) is 15.2. The number of rotatable bonds is 7. The molecule has 1 aromatic carbocycles. The van der Waals surface area contributed by atoms with Crippen LogP contribution in [0.3, 0.4) is 0 Å². The molecule has 4 fully saturated rings. The molecule has 274 valence electrons. The molecule has 5 atom stereocenters. The number of carbonyl (C=O) groups excluding carboxylic acids is 3. The third-order valence-electron chi connectivity index (χ3n) is 11.1. The van der Waals surface area contributed by atoms with Gasteiger partial charge in [-0.2, -0.15) is 0 Å². The number of ether oxygens (including phenoxy) is 3. The molecule has 2 aromatic rings. The molecule has 51 heavy (non-hydrogen) atoms. The molecule has 5 aliphatic rings. The van der Waals surface area contributed by atoms with Crippen molar-refractivity contribution >= 4 is 46.4 Å². The molecule has 3 amide bonds. The fraction of sp³-hybridized carbons (Fsp3) is 0.605. The van der Waals surface area contributed by atoms with Gasteiger partial charge in [0.2, 0.25) is 17.7 Å². The number of carboxylic acid groups (broad SMARTS) is 1. The molecular weight excluding hydrogens is 676 g/mol. The van der Waals surface area contributed by atoms with Crippen LogP contribution in [0.2, 0.25) is 5.02 Å². The predicted molar refractivity (Wildman–Crippen MR) is 189 cm³/mol. The summed E-state index contributed by atoms with van der Waals surface area (Å²) in [5.74, 6) is -1.44. The third-order valence-corrected chi connectivity index (χ3v) is 11.4. The number of alkyl carbamates (subject to hydrolysis) is 1. The normalized spacial score (nSPS) is 29.7. The lowest BCUT2D eigenvalue weighted by molar-refractivity contribution is -0.145. The molecule has 2 aliphatic heterocycles. The summed E-state index contributed by atoms with van der Waals surface area (Å²) < 4.78 is 18.5. The molecule has 1 saturated heterocycles. The summed E-state index contributed by atoms with van der Waals surface area (Å²) in [6.07, 6.45) is 13.6. The van der Waals surface area contributed by atoms with Gasteiger partial charge in [-0.05, 0) is 89.2 Å². The molecule has 13 heteroatoms. The Balaban J connectivity index is 1.14. The minimum absolute atomic E-state index is 0.0357. The number of benzene rings is 1. The zero-order valence-electron chi connectivity index (χ0n) is 28.8. The Bertz CT molecular complexity index is 1670. The Kier molecular flexibility index (Phi) is 10.6.